The first-order valence-corrected chi connectivity index (χ1v) is 6.86. The Labute approximate surface area is 109 Å². The van der Waals surface area contributed by atoms with E-state index in [9.17, 15) is 10.1 Å². The Bertz CT molecular complexity index is 435. The lowest BCUT2D eigenvalue weighted by molar-refractivity contribution is -0.383. The molecule has 4 N–H and O–H groups in total. The third-order valence-corrected chi connectivity index (χ3v) is 4.32. The van der Waals surface area contributed by atoms with Crippen LogP contribution in [-0.2, 0) is 0 Å². The lowest BCUT2D eigenvalue weighted by Crippen LogP contribution is -2.16. The van der Waals surface area contributed by atoms with Crippen molar-refractivity contribution in [3.8, 4) is 0 Å². The Morgan fingerprint density at radius 1 is 1.50 bits per heavy atom. The third kappa shape index (κ3) is 2.85. The van der Waals surface area contributed by atoms with Crippen molar-refractivity contribution in [2.75, 3.05) is 23.0 Å². The second kappa shape index (κ2) is 5.92. The van der Waals surface area contributed by atoms with E-state index < -0.39 is 4.92 Å². The number of thioether (sulfide) groups is 1. The van der Waals surface area contributed by atoms with Gasteiger partial charge in [-0.15, -0.1) is 0 Å². The summed E-state index contributed by atoms with van der Waals surface area (Å²) in [6, 6.07) is 5.04. The maximum Gasteiger partial charge on any atom is 0.316 e. The lowest BCUT2D eigenvalue weighted by Gasteiger charge is -2.12. The molecule has 1 aromatic rings. The van der Waals surface area contributed by atoms with Crippen molar-refractivity contribution < 1.29 is 4.92 Å². The van der Waals surface area contributed by atoms with Crippen molar-refractivity contribution in [3.05, 3.63) is 28.3 Å². The van der Waals surface area contributed by atoms with Crippen LogP contribution in [0.4, 0.5) is 17.1 Å². The number of nitrogen functional groups attached to an aromatic ring is 1. The van der Waals surface area contributed by atoms with Gasteiger partial charge in [0.15, 0.2) is 0 Å². The number of hydrogen-bond acceptors (Lipinski definition) is 6. The topological polar surface area (TPSA) is 93.2 Å². The largest absolute Gasteiger partial charge is 0.378 e. The van der Waals surface area contributed by atoms with Gasteiger partial charge in [-0.25, -0.2) is 0 Å². The summed E-state index contributed by atoms with van der Waals surface area (Å²) in [7, 11) is 0. The number of benzene rings is 1. The number of rotatable bonds is 5. The van der Waals surface area contributed by atoms with E-state index in [1.54, 1.807) is 18.2 Å². The van der Waals surface area contributed by atoms with Crippen molar-refractivity contribution in [1.82, 2.24) is 0 Å². The SMILES string of the molecule is NNc1cccc(NCC2CCCS2)c1[N+](=O)[O-]. The maximum absolute atomic E-state index is 11.1. The monoisotopic (exact) mass is 268 g/mol. The Kier molecular flexibility index (Phi) is 4.27. The van der Waals surface area contributed by atoms with Gasteiger partial charge in [-0.05, 0) is 30.7 Å². The van der Waals surface area contributed by atoms with E-state index in [1.165, 1.54) is 18.6 Å². The molecule has 0 radical (unpaired) electrons. The number of para-hydroxylation sites is 1. The molecule has 0 aliphatic carbocycles. The Hall–Kier alpha value is -1.47. The number of nitrogens with zero attached hydrogens (tertiary/aromatic N) is 1. The average Bonchev–Trinajstić information content (AvgIpc) is 2.88. The smallest absolute Gasteiger partial charge is 0.316 e. The number of nitro benzene ring substituents is 1. The molecule has 0 saturated carbocycles. The molecule has 1 atom stereocenters. The number of nitrogens with two attached hydrogens (primary N) is 1. The molecule has 1 saturated heterocycles. The first-order chi connectivity index (χ1) is 8.72. The third-order valence-electron chi connectivity index (χ3n) is 2.92. The first-order valence-electron chi connectivity index (χ1n) is 5.82. The number of nitrogens with one attached hydrogen (secondary N) is 2. The number of nitro groups is 1. The molecule has 1 aromatic carbocycles. The van der Waals surface area contributed by atoms with E-state index >= 15 is 0 Å². The minimum Gasteiger partial charge on any atom is -0.378 e. The summed E-state index contributed by atoms with van der Waals surface area (Å²) in [6.07, 6.45) is 2.39. The van der Waals surface area contributed by atoms with Crippen LogP contribution in [0.25, 0.3) is 0 Å². The summed E-state index contributed by atoms with van der Waals surface area (Å²) in [4.78, 5) is 10.6. The van der Waals surface area contributed by atoms with E-state index in [-0.39, 0.29) is 5.69 Å². The van der Waals surface area contributed by atoms with Gasteiger partial charge in [0.1, 0.15) is 11.4 Å². The van der Waals surface area contributed by atoms with Gasteiger partial charge >= 0.3 is 5.69 Å². The van der Waals surface area contributed by atoms with Crippen LogP contribution in [0.2, 0.25) is 0 Å². The van der Waals surface area contributed by atoms with Crippen LogP contribution in [0.15, 0.2) is 18.2 Å². The Morgan fingerprint density at radius 2 is 2.28 bits per heavy atom. The van der Waals surface area contributed by atoms with Crippen molar-refractivity contribution in [3.63, 3.8) is 0 Å². The van der Waals surface area contributed by atoms with Crippen molar-refractivity contribution in [1.29, 1.82) is 0 Å². The zero-order chi connectivity index (χ0) is 13.0. The average molecular weight is 268 g/mol. The molecule has 1 aliphatic rings. The molecule has 6 nitrogen and oxygen atoms in total. The first kappa shape index (κ1) is 13.0. The second-order valence-corrected chi connectivity index (χ2v) is 5.53. The van der Waals surface area contributed by atoms with Crippen molar-refractivity contribution in [2.45, 2.75) is 18.1 Å². The number of anilines is 2. The highest BCUT2D eigenvalue weighted by Gasteiger charge is 2.21. The maximum atomic E-state index is 11.1. The van der Waals surface area contributed by atoms with Crippen LogP contribution in [-0.4, -0.2) is 22.5 Å². The molecule has 98 valence electrons. The number of hydrogen-bond donors (Lipinski definition) is 3. The van der Waals surface area contributed by atoms with Gasteiger partial charge in [0.25, 0.3) is 0 Å². The summed E-state index contributed by atoms with van der Waals surface area (Å²) in [5, 5.41) is 14.8. The van der Waals surface area contributed by atoms with Gasteiger partial charge in [0, 0.05) is 11.8 Å². The molecule has 1 unspecified atom stereocenters. The molecule has 1 heterocycles. The van der Waals surface area contributed by atoms with Crippen LogP contribution < -0.4 is 16.6 Å². The van der Waals surface area contributed by atoms with Gasteiger partial charge in [-0.1, -0.05) is 6.07 Å². The molecule has 7 heteroatoms. The van der Waals surface area contributed by atoms with Gasteiger partial charge in [-0.2, -0.15) is 11.8 Å². The van der Waals surface area contributed by atoms with Gasteiger partial charge in [-0.3, -0.25) is 16.0 Å². The Morgan fingerprint density at radius 3 is 2.89 bits per heavy atom. The fraction of sp³-hybridized carbons (Fsp3) is 0.455. The zero-order valence-electron chi connectivity index (χ0n) is 9.89. The fourth-order valence-electron chi connectivity index (χ4n) is 2.03. The van der Waals surface area contributed by atoms with Gasteiger partial charge < -0.3 is 10.7 Å². The predicted octanol–water partition coefficient (Wildman–Crippen LogP) is 2.19. The van der Waals surface area contributed by atoms with Crippen LogP contribution in [0.1, 0.15) is 12.8 Å². The molecule has 1 aliphatic heterocycles. The molecule has 0 amide bonds. The molecule has 18 heavy (non-hydrogen) atoms. The quantitative estimate of drug-likeness (QED) is 0.430. The summed E-state index contributed by atoms with van der Waals surface area (Å²) < 4.78 is 0. The van der Waals surface area contributed by atoms with E-state index in [0.717, 1.165) is 6.54 Å². The summed E-state index contributed by atoms with van der Waals surface area (Å²) >= 11 is 1.91. The molecular formula is C11H16N4O2S. The van der Waals surface area contributed by atoms with Crippen LogP contribution >= 0.6 is 11.8 Å². The summed E-state index contributed by atoms with van der Waals surface area (Å²) in [6.45, 7) is 0.750. The second-order valence-electron chi connectivity index (χ2n) is 4.12. The van der Waals surface area contributed by atoms with Gasteiger partial charge in [0.05, 0.1) is 4.92 Å². The van der Waals surface area contributed by atoms with E-state index in [4.69, 9.17) is 5.84 Å². The molecular weight excluding hydrogens is 252 g/mol. The van der Waals surface area contributed by atoms with Crippen LogP contribution in [0, 0.1) is 10.1 Å². The Balaban J connectivity index is 2.13. The van der Waals surface area contributed by atoms with Crippen LogP contribution in [0.3, 0.4) is 0 Å². The fourth-order valence-corrected chi connectivity index (χ4v) is 3.23. The highest BCUT2D eigenvalue weighted by atomic mass is 32.2. The normalized spacial score (nSPS) is 18.6. The highest BCUT2D eigenvalue weighted by Crippen LogP contribution is 2.33. The minimum atomic E-state index is -0.417. The number of hydrazine groups is 1. The lowest BCUT2D eigenvalue weighted by atomic mass is 10.2. The molecule has 0 aromatic heterocycles. The molecule has 1 fully saturated rings. The van der Waals surface area contributed by atoms with Crippen molar-refractivity contribution >= 4 is 28.8 Å². The zero-order valence-corrected chi connectivity index (χ0v) is 10.7. The van der Waals surface area contributed by atoms with Crippen molar-refractivity contribution in [2.24, 2.45) is 5.84 Å². The van der Waals surface area contributed by atoms with E-state index in [0.29, 0.717) is 16.6 Å². The summed E-state index contributed by atoms with van der Waals surface area (Å²) in [5.74, 6) is 6.47. The molecule has 2 rings (SSSR count). The minimum absolute atomic E-state index is 0.00277. The van der Waals surface area contributed by atoms with Gasteiger partial charge in [0.2, 0.25) is 0 Å². The summed E-state index contributed by atoms with van der Waals surface area (Å²) in [5.41, 5.74) is 3.20. The predicted molar refractivity (Wildman–Crippen MR) is 74.9 cm³/mol. The highest BCUT2D eigenvalue weighted by molar-refractivity contribution is 8.00. The van der Waals surface area contributed by atoms with Crippen LogP contribution in [0.5, 0.6) is 0 Å². The standard InChI is InChI=1S/C11H16N4O2S/c12-14-10-5-1-4-9(11(10)15(16)17)13-7-8-3-2-6-18-8/h1,4-5,8,13-14H,2-3,6-7,12H2. The molecule has 0 bridgehead atoms. The van der Waals surface area contributed by atoms with E-state index in [2.05, 4.69) is 10.7 Å². The molecule has 0 spiro atoms. The van der Waals surface area contributed by atoms with E-state index in [1.807, 2.05) is 11.8 Å².